The average Bonchev–Trinajstić information content (AvgIpc) is 2.40. The van der Waals surface area contributed by atoms with Crippen molar-refractivity contribution in [3.8, 4) is 5.75 Å². The molecule has 0 N–H and O–H groups in total. The number of alkyl halides is 2. The molecule has 0 atom stereocenters. The Morgan fingerprint density at radius 1 is 0.857 bits per heavy atom. The van der Waals surface area contributed by atoms with Crippen LogP contribution in [0.3, 0.4) is 0 Å². The molecule has 0 amide bonds. The van der Waals surface area contributed by atoms with Crippen molar-refractivity contribution in [1.82, 2.24) is 0 Å². The largest absolute Gasteiger partial charge is 0.429 e. The molecule has 0 heterocycles. The summed E-state index contributed by atoms with van der Waals surface area (Å²) in [5.41, 5.74) is -0.528. The highest BCUT2D eigenvalue weighted by atomic mass is 19.3. The standard InChI is InChI=1S/C15H11F5O/c1-8-4-3-5-9(2)14(8)21-15(19,20)10-6-7-11(16)13(18)12(10)17/h3-7H,1-2H3. The molecule has 1 nitrogen and oxygen atoms in total. The zero-order chi connectivity index (χ0) is 15.8. The van der Waals surface area contributed by atoms with Gasteiger partial charge < -0.3 is 4.74 Å². The van der Waals surface area contributed by atoms with Crippen molar-refractivity contribution >= 4 is 0 Å². The van der Waals surface area contributed by atoms with Crippen LogP contribution in [0.4, 0.5) is 22.0 Å². The number of rotatable bonds is 3. The summed E-state index contributed by atoms with van der Waals surface area (Å²) >= 11 is 0. The van der Waals surface area contributed by atoms with Gasteiger partial charge in [0, 0.05) is 0 Å². The van der Waals surface area contributed by atoms with Gasteiger partial charge in [0.2, 0.25) is 0 Å². The quantitative estimate of drug-likeness (QED) is 0.582. The first-order chi connectivity index (χ1) is 9.74. The molecule has 21 heavy (non-hydrogen) atoms. The fourth-order valence-corrected chi connectivity index (χ4v) is 1.89. The Labute approximate surface area is 118 Å². The molecular formula is C15H11F5O. The molecule has 0 unspecified atom stereocenters. The Morgan fingerprint density at radius 3 is 2.00 bits per heavy atom. The van der Waals surface area contributed by atoms with Gasteiger partial charge in [-0.15, -0.1) is 0 Å². The van der Waals surface area contributed by atoms with E-state index in [1.165, 1.54) is 0 Å². The van der Waals surface area contributed by atoms with Crippen molar-refractivity contribution in [1.29, 1.82) is 0 Å². The van der Waals surface area contributed by atoms with Crippen LogP contribution in [-0.4, -0.2) is 0 Å². The Balaban J connectivity index is 2.46. The zero-order valence-corrected chi connectivity index (χ0v) is 11.2. The fraction of sp³-hybridized carbons (Fsp3) is 0.200. The second kappa shape index (κ2) is 5.35. The lowest BCUT2D eigenvalue weighted by atomic mass is 10.1. The molecule has 0 spiro atoms. The van der Waals surface area contributed by atoms with Crippen molar-refractivity contribution in [2.45, 2.75) is 20.0 Å². The number of aryl methyl sites for hydroxylation is 2. The van der Waals surface area contributed by atoms with Gasteiger partial charge in [-0.25, -0.2) is 13.2 Å². The van der Waals surface area contributed by atoms with Gasteiger partial charge in [0.05, 0.1) is 0 Å². The molecule has 2 rings (SSSR count). The van der Waals surface area contributed by atoms with E-state index in [0.717, 1.165) is 0 Å². The van der Waals surface area contributed by atoms with Gasteiger partial charge >= 0.3 is 6.11 Å². The highest BCUT2D eigenvalue weighted by Crippen LogP contribution is 2.36. The zero-order valence-electron chi connectivity index (χ0n) is 11.2. The van der Waals surface area contributed by atoms with Crippen molar-refractivity contribution in [3.05, 3.63) is 64.5 Å². The first-order valence-electron chi connectivity index (χ1n) is 6.01. The highest BCUT2D eigenvalue weighted by Gasteiger charge is 2.40. The van der Waals surface area contributed by atoms with Crippen molar-refractivity contribution in [3.63, 3.8) is 0 Å². The number of para-hydroxylation sites is 1. The van der Waals surface area contributed by atoms with Crippen LogP contribution < -0.4 is 4.74 Å². The first kappa shape index (κ1) is 15.3. The summed E-state index contributed by atoms with van der Waals surface area (Å²) in [6.07, 6.45) is -4.13. The van der Waals surface area contributed by atoms with Crippen LogP contribution >= 0.6 is 0 Å². The van der Waals surface area contributed by atoms with E-state index in [9.17, 15) is 22.0 Å². The van der Waals surface area contributed by atoms with Gasteiger partial charge in [0.25, 0.3) is 0 Å². The Morgan fingerprint density at radius 2 is 1.43 bits per heavy atom. The Hall–Kier alpha value is -2.11. The summed E-state index contributed by atoms with van der Waals surface area (Å²) in [5, 5.41) is 0. The molecule has 0 saturated heterocycles. The lowest BCUT2D eigenvalue weighted by Gasteiger charge is -2.21. The van der Waals surface area contributed by atoms with Crippen LogP contribution in [0.2, 0.25) is 0 Å². The minimum Gasteiger partial charge on any atom is -0.428 e. The molecule has 2 aromatic rings. The van der Waals surface area contributed by atoms with Crippen LogP contribution in [-0.2, 0) is 6.11 Å². The molecule has 0 aliphatic rings. The maximum Gasteiger partial charge on any atom is 0.429 e. The maximum atomic E-state index is 14.0. The van der Waals surface area contributed by atoms with E-state index < -0.39 is 29.1 Å². The maximum absolute atomic E-state index is 14.0. The van der Waals surface area contributed by atoms with Gasteiger partial charge in [0.15, 0.2) is 17.5 Å². The number of ether oxygens (including phenoxy) is 1. The summed E-state index contributed by atoms with van der Waals surface area (Å²) in [4.78, 5) is 0. The fourth-order valence-electron chi connectivity index (χ4n) is 1.89. The molecule has 0 fully saturated rings. The van der Waals surface area contributed by atoms with Crippen LogP contribution in [0.25, 0.3) is 0 Å². The van der Waals surface area contributed by atoms with Gasteiger partial charge in [-0.05, 0) is 37.1 Å². The third kappa shape index (κ3) is 2.84. The molecule has 0 bridgehead atoms. The molecule has 0 radical (unpaired) electrons. The van der Waals surface area contributed by atoms with Crippen LogP contribution in [0.1, 0.15) is 16.7 Å². The molecule has 112 valence electrons. The second-order valence-corrected chi connectivity index (χ2v) is 4.56. The highest BCUT2D eigenvalue weighted by molar-refractivity contribution is 5.40. The first-order valence-corrected chi connectivity index (χ1v) is 6.01. The molecule has 2 aromatic carbocycles. The second-order valence-electron chi connectivity index (χ2n) is 4.56. The average molecular weight is 302 g/mol. The van der Waals surface area contributed by atoms with E-state index in [2.05, 4.69) is 4.74 Å². The number of hydrogen-bond acceptors (Lipinski definition) is 1. The van der Waals surface area contributed by atoms with E-state index in [-0.39, 0.29) is 5.75 Å². The number of hydrogen-bond donors (Lipinski definition) is 0. The van der Waals surface area contributed by atoms with Crippen molar-refractivity contribution < 1.29 is 26.7 Å². The molecule has 0 aromatic heterocycles. The summed E-state index contributed by atoms with van der Waals surface area (Å²) < 4.78 is 72.0. The monoisotopic (exact) mass is 302 g/mol. The van der Waals surface area contributed by atoms with E-state index in [0.29, 0.717) is 23.3 Å². The number of halogens is 5. The smallest absolute Gasteiger partial charge is 0.428 e. The summed E-state index contributed by atoms with van der Waals surface area (Å²) in [6.45, 7) is 3.08. The minimum atomic E-state index is -4.13. The summed E-state index contributed by atoms with van der Waals surface area (Å²) in [6, 6.07) is 5.62. The van der Waals surface area contributed by atoms with Crippen LogP contribution in [0, 0.1) is 31.3 Å². The predicted octanol–water partition coefficient (Wildman–Crippen LogP) is 4.85. The van der Waals surface area contributed by atoms with E-state index in [4.69, 9.17) is 0 Å². The van der Waals surface area contributed by atoms with Gasteiger partial charge in [-0.2, -0.15) is 8.78 Å². The molecule has 0 aliphatic carbocycles. The molecule has 0 saturated carbocycles. The van der Waals surface area contributed by atoms with Crippen LogP contribution in [0.5, 0.6) is 5.75 Å². The van der Waals surface area contributed by atoms with E-state index >= 15 is 0 Å². The summed E-state index contributed by atoms with van der Waals surface area (Å²) in [5.74, 6) is -5.60. The van der Waals surface area contributed by atoms with Crippen LogP contribution in [0.15, 0.2) is 30.3 Å². The lowest BCUT2D eigenvalue weighted by Crippen LogP contribution is -2.25. The van der Waals surface area contributed by atoms with Gasteiger partial charge in [0.1, 0.15) is 11.3 Å². The van der Waals surface area contributed by atoms with E-state index in [1.54, 1.807) is 32.0 Å². The van der Waals surface area contributed by atoms with Crippen molar-refractivity contribution in [2.75, 3.05) is 0 Å². The minimum absolute atomic E-state index is 0.133. The molecule has 0 aliphatic heterocycles. The Bertz CT molecular complexity index is 662. The lowest BCUT2D eigenvalue weighted by molar-refractivity contribution is -0.188. The Kier molecular flexibility index (Phi) is 3.89. The third-order valence-electron chi connectivity index (χ3n) is 2.99. The predicted molar refractivity (Wildman–Crippen MR) is 66.8 cm³/mol. The number of benzene rings is 2. The normalized spacial score (nSPS) is 11.6. The van der Waals surface area contributed by atoms with Crippen molar-refractivity contribution in [2.24, 2.45) is 0 Å². The molecular weight excluding hydrogens is 291 g/mol. The van der Waals surface area contributed by atoms with Gasteiger partial charge in [-0.1, -0.05) is 18.2 Å². The third-order valence-corrected chi connectivity index (χ3v) is 2.99. The van der Waals surface area contributed by atoms with Gasteiger partial charge in [-0.3, -0.25) is 0 Å². The SMILES string of the molecule is Cc1cccc(C)c1OC(F)(F)c1ccc(F)c(F)c1F. The summed E-state index contributed by atoms with van der Waals surface area (Å²) in [7, 11) is 0. The topological polar surface area (TPSA) is 9.23 Å². The van der Waals surface area contributed by atoms with E-state index in [1.807, 2.05) is 0 Å². The molecule has 6 heteroatoms.